The van der Waals surface area contributed by atoms with Crippen molar-refractivity contribution in [2.45, 2.75) is 44.8 Å². The maximum atomic E-state index is 9.98. The van der Waals surface area contributed by atoms with E-state index in [1.54, 1.807) is 0 Å². The largest absolute Gasteiger partial charge is 0.486 e. The highest BCUT2D eigenvalue weighted by Gasteiger charge is 2.55. The van der Waals surface area contributed by atoms with Crippen LogP contribution in [-0.2, 0) is 0 Å². The first-order valence-electron chi connectivity index (χ1n) is 5.99. The number of aliphatic hydroxyl groups is 1. The van der Waals surface area contributed by atoms with Gasteiger partial charge in [0.25, 0.3) is 0 Å². The van der Waals surface area contributed by atoms with Crippen LogP contribution in [0.1, 0.15) is 37.3 Å². The maximum Gasteiger partial charge on any atom is 0.126 e. The van der Waals surface area contributed by atoms with Gasteiger partial charge in [-0.25, -0.2) is 0 Å². The molecule has 1 fully saturated rings. The summed E-state index contributed by atoms with van der Waals surface area (Å²) in [5.74, 6) is 1.68. The summed E-state index contributed by atoms with van der Waals surface area (Å²) >= 11 is 0. The van der Waals surface area contributed by atoms with Crippen molar-refractivity contribution >= 4 is 0 Å². The summed E-state index contributed by atoms with van der Waals surface area (Å²) in [6.07, 6.45) is 0.510. The second-order valence-corrected chi connectivity index (χ2v) is 5.52. The lowest BCUT2D eigenvalue weighted by atomic mass is 9.83. The van der Waals surface area contributed by atoms with E-state index in [9.17, 15) is 5.11 Å². The minimum atomic E-state index is -0.233. The van der Waals surface area contributed by atoms with Crippen molar-refractivity contribution in [3.63, 3.8) is 0 Å². The fourth-order valence-corrected chi connectivity index (χ4v) is 3.52. The molecule has 0 spiro atoms. The third-order valence-corrected chi connectivity index (χ3v) is 4.32. The molecule has 1 aliphatic heterocycles. The number of fused-ring (bicyclic) bond motifs is 3. The maximum absolute atomic E-state index is 9.98. The Bertz CT molecular complexity index is 440. The first-order chi connectivity index (χ1) is 7.53. The lowest BCUT2D eigenvalue weighted by Gasteiger charge is -2.24. The van der Waals surface area contributed by atoms with Gasteiger partial charge in [-0.15, -0.1) is 0 Å². The fourth-order valence-electron chi connectivity index (χ4n) is 3.52. The highest BCUT2D eigenvalue weighted by Crippen LogP contribution is 2.56. The predicted octanol–water partition coefficient (Wildman–Crippen LogP) is 2.63. The van der Waals surface area contributed by atoms with Crippen molar-refractivity contribution in [1.82, 2.24) is 0 Å². The summed E-state index contributed by atoms with van der Waals surface area (Å²) in [6.45, 7) is 6.34. The Morgan fingerprint density at radius 3 is 2.94 bits per heavy atom. The summed E-state index contributed by atoms with van der Waals surface area (Å²) in [6, 6.07) is 6.32. The Hall–Kier alpha value is -1.02. The van der Waals surface area contributed by atoms with Crippen molar-refractivity contribution in [3.05, 3.63) is 29.3 Å². The van der Waals surface area contributed by atoms with Crippen LogP contribution in [0.2, 0.25) is 0 Å². The van der Waals surface area contributed by atoms with E-state index in [1.165, 1.54) is 11.1 Å². The SMILES string of the molecule is Cc1cccc2c1O[C@@]1(C)C[C@@H](O)[C@H](C)[C@@H]21. The van der Waals surface area contributed by atoms with Crippen molar-refractivity contribution in [1.29, 1.82) is 0 Å². The zero-order valence-corrected chi connectivity index (χ0v) is 10.0. The van der Waals surface area contributed by atoms with E-state index in [0.717, 1.165) is 12.2 Å². The van der Waals surface area contributed by atoms with Crippen molar-refractivity contribution in [2.75, 3.05) is 0 Å². The van der Waals surface area contributed by atoms with Gasteiger partial charge in [0.1, 0.15) is 11.4 Å². The van der Waals surface area contributed by atoms with Crippen LogP contribution in [0.3, 0.4) is 0 Å². The van der Waals surface area contributed by atoms with E-state index in [1.807, 2.05) is 0 Å². The Balaban J connectivity index is 2.14. The Kier molecular flexibility index (Phi) is 1.91. The van der Waals surface area contributed by atoms with Crippen LogP contribution >= 0.6 is 0 Å². The third kappa shape index (κ3) is 1.11. The number of aryl methyl sites for hydroxylation is 1. The van der Waals surface area contributed by atoms with Gasteiger partial charge in [0.2, 0.25) is 0 Å². The van der Waals surface area contributed by atoms with E-state index in [-0.39, 0.29) is 17.6 Å². The minimum Gasteiger partial charge on any atom is -0.486 e. The van der Waals surface area contributed by atoms with Gasteiger partial charge in [-0.1, -0.05) is 25.1 Å². The molecule has 1 saturated carbocycles. The first kappa shape index (κ1) is 10.2. The third-order valence-electron chi connectivity index (χ3n) is 4.32. The predicted molar refractivity (Wildman–Crippen MR) is 62.7 cm³/mol. The first-order valence-corrected chi connectivity index (χ1v) is 5.99. The smallest absolute Gasteiger partial charge is 0.126 e. The molecule has 2 nitrogen and oxygen atoms in total. The van der Waals surface area contributed by atoms with Crippen LogP contribution in [0.5, 0.6) is 5.75 Å². The van der Waals surface area contributed by atoms with Crippen molar-refractivity contribution < 1.29 is 9.84 Å². The lowest BCUT2D eigenvalue weighted by Crippen LogP contribution is -2.30. The number of benzene rings is 1. The summed E-state index contributed by atoms with van der Waals surface area (Å²) in [4.78, 5) is 0. The second kappa shape index (κ2) is 3.01. The molecule has 4 atom stereocenters. The van der Waals surface area contributed by atoms with E-state index >= 15 is 0 Å². The number of aliphatic hydroxyl groups excluding tert-OH is 1. The molecule has 0 aromatic heterocycles. The van der Waals surface area contributed by atoms with E-state index < -0.39 is 0 Å². The number of hydrogen-bond acceptors (Lipinski definition) is 2. The molecule has 1 aromatic rings. The summed E-state index contributed by atoms with van der Waals surface area (Å²) in [7, 11) is 0. The van der Waals surface area contributed by atoms with Gasteiger partial charge in [-0.2, -0.15) is 0 Å². The molecule has 0 unspecified atom stereocenters. The molecule has 1 heterocycles. The average molecular weight is 218 g/mol. The number of hydrogen-bond donors (Lipinski definition) is 1. The molecule has 0 bridgehead atoms. The van der Waals surface area contributed by atoms with Crippen molar-refractivity contribution in [2.24, 2.45) is 5.92 Å². The Morgan fingerprint density at radius 1 is 1.44 bits per heavy atom. The molecular weight excluding hydrogens is 200 g/mol. The molecule has 16 heavy (non-hydrogen) atoms. The Labute approximate surface area is 96.2 Å². The normalized spacial score (nSPS) is 40.4. The van der Waals surface area contributed by atoms with Gasteiger partial charge in [-0.05, 0) is 25.3 Å². The van der Waals surface area contributed by atoms with Crippen LogP contribution in [0.25, 0.3) is 0 Å². The molecule has 2 aliphatic rings. The number of para-hydroxylation sites is 1. The molecule has 1 aliphatic carbocycles. The number of rotatable bonds is 0. The molecule has 0 saturated heterocycles. The quantitative estimate of drug-likeness (QED) is 0.725. The monoisotopic (exact) mass is 218 g/mol. The molecule has 0 amide bonds. The Morgan fingerprint density at radius 2 is 2.19 bits per heavy atom. The summed E-state index contributed by atoms with van der Waals surface area (Å²) in [5, 5.41) is 9.98. The van der Waals surface area contributed by atoms with Crippen LogP contribution in [0.4, 0.5) is 0 Å². The van der Waals surface area contributed by atoms with Crippen LogP contribution in [0, 0.1) is 12.8 Å². The highest BCUT2D eigenvalue weighted by molar-refractivity contribution is 5.49. The molecule has 0 radical (unpaired) electrons. The van der Waals surface area contributed by atoms with Gasteiger partial charge in [0.05, 0.1) is 6.10 Å². The second-order valence-electron chi connectivity index (χ2n) is 5.52. The zero-order chi connectivity index (χ0) is 11.5. The number of ether oxygens (including phenoxy) is 1. The van der Waals surface area contributed by atoms with Gasteiger partial charge in [0, 0.05) is 17.9 Å². The van der Waals surface area contributed by atoms with Gasteiger partial charge < -0.3 is 9.84 Å². The van der Waals surface area contributed by atoms with E-state index in [0.29, 0.717) is 5.92 Å². The molecule has 1 N–H and O–H groups in total. The lowest BCUT2D eigenvalue weighted by molar-refractivity contribution is 0.0823. The molecular formula is C14H18O2. The fraction of sp³-hybridized carbons (Fsp3) is 0.571. The molecule has 1 aromatic carbocycles. The van der Waals surface area contributed by atoms with Crippen LogP contribution in [0.15, 0.2) is 18.2 Å². The van der Waals surface area contributed by atoms with Crippen LogP contribution in [-0.4, -0.2) is 16.8 Å². The molecule has 3 rings (SSSR count). The van der Waals surface area contributed by atoms with Gasteiger partial charge >= 0.3 is 0 Å². The summed E-state index contributed by atoms with van der Waals surface area (Å²) < 4.78 is 6.13. The molecule has 86 valence electrons. The topological polar surface area (TPSA) is 29.5 Å². The van der Waals surface area contributed by atoms with Gasteiger partial charge in [-0.3, -0.25) is 0 Å². The van der Waals surface area contributed by atoms with Crippen LogP contribution < -0.4 is 4.74 Å². The van der Waals surface area contributed by atoms with E-state index in [2.05, 4.69) is 39.0 Å². The highest BCUT2D eigenvalue weighted by atomic mass is 16.5. The van der Waals surface area contributed by atoms with Gasteiger partial charge in [0.15, 0.2) is 0 Å². The standard InChI is InChI=1S/C14H18O2/c1-8-5-4-6-10-12-9(2)11(15)7-14(12,3)16-13(8)10/h4-6,9,11-12,15H,7H2,1-3H3/t9-,11+,12-,14-/m0/s1. The zero-order valence-electron chi connectivity index (χ0n) is 10.0. The van der Waals surface area contributed by atoms with Crippen molar-refractivity contribution in [3.8, 4) is 5.75 Å². The molecule has 2 heteroatoms. The summed E-state index contributed by atoms with van der Waals surface area (Å²) in [5.41, 5.74) is 2.29. The van der Waals surface area contributed by atoms with E-state index in [4.69, 9.17) is 4.74 Å². The minimum absolute atomic E-state index is 0.201. The average Bonchev–Trinajstić information content (AvgIpc) is 2.61.